The maximum atomic E-state index is 5.31. The number of rotatable bonds is 6. The Labute approximate surface area is 123 Å². The van der Waals surface area contributed by atoms with Gasteiger partial charge in [0.1, 0.15) is 18.0 Å². The number of ether oxygens (including phenoxy) is 1. The summed E-state index contributed by atoms with van der Waals surface area (Å²) < 4.78 is 7.30. The maximum Gasteiger partial charge on any atom is 0.140 e. The number of aromatic nitrogens is 3. The highest BCUT2D eigenvalue weighted by Crippen LogP contribution is 2.17. The van der Waals surface area contributed by atoms with E-state index < -0.39 is 0 Å². The molecule has 0 bridgehead atoms. The minimum atomic E-state index is 0.677. The summed E-state index contributed by atoms with van der Waals surface area (Å²) in [6.45, 7) is 4.14. The number of fused-ring (bicyclic) bond motifs is 1. The van der Waals surface area contributed by atoms with Gasteiger partial charge in [-0.25, -0.2) is 9.97 Å². The first kappa shape index (κ1) is 13.6. The molecule has 0 spiro atoms. The van der Waals surface area contributed by atoms with E-state index in [4.69, 9.17) is 4.74 Å². The molecule has 2 aromatic heterocycles. The van der Waals surface area contributed by atoms with Crippen LogP contribution >= 0.6 is 0 Å². The molecule has 1 N–H and O–H groups in total. The summed E-state index contributed by atoms with van der Waals surface area (Å²) in [6, 6.07) is 13.9. The highest BCUT2D eigenvalue weighted by atomic mass is 16.5. The first-order valence-corrected chi connectivity index (χ1v) is 7.09. The molecule has 5 heteroatoms. The van der Waals surface area contributed by atoms with Crippen molar-refractivity contribution < 1.29 is 4.74 Å². The van der Waals surface area contributed by atoms with E-state index >= 15 is 0 Å². The monoisotopic (exact) mass is 282 g/mol. The molecule has 3 rings (SSSR count). The Morgan fingerprint density at radius 2 is 2.05 bits per heavy atom. The van der Waals surface area contributed by atoms with Gasteiger partial charge in [0.05, 0.1) is 17.6 Å². The Bertz CT molecular complexity index is 723. The lowest BCUT2D eigenvalue weighted by Gasteiger charge is -2.08. The SMILES string of the molecule is CCOCCNc1cccc(-n2cnc3ccccc32)n1. The third kappa shape index (κ3) is 3.03. The van der Waals surface area contributed by atoms with E-state index in [0.717, 1.165) is 35.8 Å². The lowest BCUT2D eigenvalue weighted by atomic mass is 10.3. The van der Waals surface area contributed by atoms with Crippen LogP contribution in [0.25, 0.3) is 16.9 Å². The first-order valence-electron chi connectivity index (χ1n) is 7.09. The second kappa shape index (κ2) is 6.37. The van der Waals surface area contributed by atoms with Crippen LogP contribution < -0.4 is 5.32 Å². The average Bonchev–Trinajstić information content (AvgIpc) is 2.96. The van der Waals surface area contributed by atoms with Crippen molar-refractivity contribution in [1.29, 1.82) is 0 Å². The first-order chi connectivity index (χ1) is 10.4. The molecule has 0 aliphatic carbocycles. The number of para-hydroxylation sites is 2. The fraction of sp³-hybridized carbons (Fsp3) is 0.250. The predicted octanol–water partition coefficient (Wildman–Crippen LogP) is 2.87. The fourth-order valence-electron chi connectivity index (χ4n) is 2.19. The Balaban J connectivity index is 1.82. The highest BCUT2D eigenvalue weighted by molar-refractivity contribution is 5.76. The number of pyridine rings is 1. The van der Waals surface area contributed by atoms with Gasteiger partial charge in [0, 0.05) is 13.2 Å². The van der Waals surface area contributed by atoms with Gasteiger partial charge >= 0.3 is 0 Å². The van der Waals surface area contributed by atoms with Crippen molar-refractivity contribution in [3.05, 3.63) is 48.8 Å². The average molecular weight is 282 g/mol. The summed E-state index contributed by atoms with van der Waals surface area (Å²) in [5.41, 5.74) is 2.02. The Hall–Kier alpha value is -2.40. The van der Waals surface area contributed by atoms with Gasteiger partial charge in [0.2, 0.25) is 0 Å². The van der Waals surface area contributed by atoms with Crippen LogP contribution in [0.2, 0.25) is 0 Å². The number of nitrogens with one attached hydrogen (secondary N) is 1. The molecule has 0 atom stereocenters. The summed E-state index contributed by atoms with van der Waals surface area (Å²) in [6.07, 6.45) is 1.80. The van der Waals surface area contributed by atoms with E-state index in [1.54, 1.807) is 6.33 Å². The lowest BCUT2D eigenvalue weighted by Crippen LogP contribution is -2.10. The second-order valence-electron chi connectivity index (χ2n) is 4.61. The Morgan fingerprint density at radius 1 is 1.14 bits per heavy atom. The van der Waals surface area contributed by atoms with Crippen LogP contribution in [0, 0.1) is 0 Å². The van der Waals surface area contributed by atoms with Gasteiger partial charge in [-0.2, -0.15) is 0 Å². The van der Waals surface area contributed by atoms with E-state index in [-0.39, 0.29) is 0 Å². The molecule has 0 aliphatic heterocycles. The van der Waals surface area contributed by atoms with Crippen LogP contribution in [0.4, 0.5) is 5.82 Å². The number of nitrogens with zero attached hydrogens (tertiary/aromatic N) is 3. The van der Waals surface area contributed by atoms with E-state index in [9.17, 15) is 0 Å². The number of imidazole rings is 1. The van der Waals surface area contributed by atoms with Crippen molar-refractivity contribution in [2.75, 3.05) is 25.1 Å². The summed E-state index contributed by atoms with van der Waals surface area (Å²) in [5, 5.41) is 3.26. The number of hydrogen-bond acceptors (Lipinski definition) is 4. The van der Waals surface area contributed by atoms with Crippen LogP contribution in [-0.4, -0.2) is 34.3 Å². The Morgan fingerprint density at radius 3 is 2.95 bits per heavy atom. The molecule has 0 saturated carbocycles. The van der Waals surface area contributed by atoms with Crippen LogP contribution in [0.3, 0.4) is 0 Å². The lowest BCUT2D eigenvalue weighted by molar-refractivity contribution is 0.158. The zero-order valence-electron chi connectivity index (χ0n) is 12.0. The van der Waals surface area contributed by atoms with E-state index in [1.165, 1.54) is 0 Å². The molecule has 21 heavy (non-hydrogen) atoms. The molecule has 0 fully saturated rings. The largest absolute Gasteiger partial charge is 0.380 e. The molecule has 5 nitrogen and oxygen atoms in total. The van der Waals surface area contributed by atoms with Crippen molar-refractivity contribution >= 4 is 16.9 Å². The van der Waals surface area contributed by atoms with Crippen molar-refractivity contribution in [3.8, 4) is 5.82 Å². The number of benzene rings is 1. The Kier molecular flexibility index (Phi) is 4.12. The molecule has 0 radical (unpaired) electrons. The van der Waals surface area contributed by atoms with Crippen LogP contribution in [-0.2, 0) is 4.74 Å². The normalized spacial score (nSPS) is 10.9. The van der Waals surface area contributed by atoms with Crippen molar-refractivity contribution in [2.45, 2.75) is 6.92 Å². The third-order valence-corrected chi connectivity index (χ3v) is 3.19. The molecule has 108 valence electrons. The topological polar surface area (TPSA) is 52.0 Å². The van der Waals surface area contributed by atoms with E-state index in [1.807, 2.05) is 54.0 Å². The smallest absolute Gasteiger partial charge is 0.140 e. The van der Waals surface area contributed by atoms with E-state index in [2.05, 4.69) is 15.3 Å². The van der Waals surface area contributed by atoms with Crippen molar-refractivity contribution in [2.24, 2.45) is 0 Å². The molecule has 2 heterocycles. The zero-order chi connectivity index (χ0) is 14.5. The third-order valence-electron chi connectivity index (χ3n) is 3.19. The molecule has 0 aliphatic rings. The van der Waals surface area contributed by atoms with Gasteiger partial charge in [-0.3, -0.25) is 4.57 Å². The number of hydrogen-bond donors (Lipinski definition) is 1. The molecule has 1 aromatic carbocycles. The molecular weight excluding hydrogens is 264 g/mol. The molecule has 0 unspecified atom stereocenters. The molecule has 0 amide bonds. The second-order valence-corrected chi connectivity index (χ2v) is 4.61. The van der Waals surface area contributed by atoms with Gasteiger partial charge in [0.25, 0.3) is 0 Å². The quantitative estimate of drug-likeness (QED) is 0.706. The molecular formula is C16H18N4O. The minimum Gasteiger partial charge on any atom is -0.380 e. The fourth-order valence-corrected chi connectivity index (χ4v) is 2.19. The number of anilines is 1. The van der Waals surface area contributed by atoms with Crippen LogP contribution in [0.1, 0.15) is 6.92 Å². The van der Waals surface area contributed by atoms with Crippen molar-refractivity contribution in [1.82, 2.24) is 14.5 Å². The van der Waals surface area contributed by atoms with Crippen LogP contribution in [0.5, 0.6) is 0 Å². The van der Waals surface area contributed by atoms with Gasteiger partial charge in [-0.05, 0) is 31.2 Å². The standard InChI is InChI=1S/C16H18N4O/c1-2-21-11-10-17-15-8-5-9-16(19-15)20-12-18-13-6-3-4-7-14(13)20/h3-9,12H,2,10-11H2,1H3,(H,17,19). The molecule has 0 saturated heterocycles. The highest BCUT2D eigenvalue weighted by Gasteiger charge is 2.05. The van der Waals surface area contributed by atoms with Gasteiger partial charge in [-0.15, -0.1) is 0 Å². The molecule has 3 aromatic rings. The van der Waals surface area contributed by atoms with Crippen LogP contribution in [0.15, 0.2) is 48.8 Å². The van der Waals surface area contributed by atoms with Gasteiger partial charge < -0.3 is 10.1 Å². The van der Waals surface area contributed by atoms with Crippen molar-refractivity contribution in [3.63, 3.8) is 0 Å². The predicted molar refractivity (Wildman–Crippen MR) is 83.8 cm³/mol. The maximum absolute atomic E-state index is 5.31. The summed E-state index contributed by atoms with van der Waals surface area (Å²) in [4.78, 5) is 9.01. The summed E-state index contributed by atoms with van der Waals surface area (Å²) in [7, 11) is 0. The van der Waals surface area contributed by atoms with E-state index in [0.29, 0.717) is 6.61 Å². The zero-order valence-corrected chi connectivity index (χ0v) is 12.0. The van der Waals surface area contributed by atoms with Gasteiger partial charge in [0.15, 0.2) is 0 Å². The van der Waals surface area contributed by atoms with Gasteiger partial charge in [-0.1, -0.05) is 18.2 Å². The summed E-state index contributed by atoms with van der Waals surface area (Å²) in [5.74, 6) is 1.69. The summed E-state index contributed by atoms with van der Waals surface area (Å²) >= 11 is 0. The minimum absolute atomic E-state index is 0.677.